The third-order valence-corrected chi connectivity index (χ3v) is 5.97. The number of hydrogen-bond donors (Lipinski definition) is 1. The van der Waals surface area contributed by atoms with Crippen molar-refractivity contribution in [3.8, 4) is 0 Å². The Morgan fingerprint density at radius 1 is 1.07 bits per heavy atom. The van der Waals surface area contributed by atoms with Crippen LogP contribution in [0.3, 0.4) is 0 Å². The second-order valence-corrected chi connectivity index (χ2v) is 7.91. The molecule has 0 saturated carbocycles. The number of carbonyl (C=O) groups excluding carboxylic acids is 2. The van der Waals surface area contributed by atoms with Crippen LogP contribution in [0.4, 0.5) is 9.52 Å². The molecule has 1 aliphatic rings. The van der Waals surface area contributed by atoms with Crippen LogP contribution >= 0.6 is 11.3 Å². The van der Waals surface area contributed by atoms with Crippen molar-refractivity contribution in [2.45, 2.75) is 19.9 Å². The number of carbonyl (C=O) groups is 2. The first-order valence-electron chi connectivity index (χ1n) is 8.94. The van der Waals surface area contributed by atoms with E-state index in [-0.39, 0.29) is 16.9 Å². The average molecular weight is 408 g/mol. The molecular formula is C22H17FN2O3S. The van der Waals surface area contributed by atoms with E-state index in [9.17, 15) is 19.1 Å². The Labute approximate surface area is 170 Å². The van der Waals surface area contributed by atoms with Gasteiger partial charge >= 0.3 is 5.91 Å². The number of anilines is 1. The molecule has 4 rings (SSSR count). The zero-order chi connectivity index (χ0) is 20.7. The van der Waals surface area contributed by atoms with Gasteiger partial charge in [0.15, 0.2) is 5.13 Å². The van der Waals surface area contributed by atoms with E-state index in [1.54, 1.807) is 24.3 Å². The van der Waals surface area contributed by atoms with Crippen LogP contribution in [0.1, 0.15) is 27.7 Å². The van der Waals surface area contributed by atoms with Gasteiger partial charge in [0.2, 0.25) is 0 Å². The number of aromatic nitrogens is 1. The fraction of sp³-hybridized carbons (Fsp3) is 0.136. The van der Waals surface area contributed by atoms with Gasteiger partial charge in [0.1, 0.15) is 11.6 Å². The summed E-state index contributed by atoms with van der Waals surface area (Å²) in [4.78, 5) is 32.6. The third-order valence-electron chi connectivity index (χ3n) is 4.90. The lowest BCUT2D eigenvalue weighted by Crippen LogP contribution is -2.29. The van der Waals surface area contributed by atoms with Crippen LogP contribution in [-0.2, 0) is 9.59 Å². The Hall–Kier alpha value is -3.32. The Morgan fingerprint density at radius 2 is 1.72 bits per heavy atom. The minimum Gasteiger partial charge on any atom is -0.507 e. The number of aliphatic hydroxyl groups excluding tert-OH is 1. The minimum atomic E-state index is -0.828. The molecule has 1 atom stereocenters. The number of hydrogen-bond acceptors (Lipinski definition) is 5. The molecule has 5 nitrogen and oxygen atoms in total. The lowest BCUT2D eigenvalue weighted by Gasteiger charge is -2.23. The predicted molar refractivity (Wildman–Crippen MR) is 109 cm³/mol. The average Bonchev–Trinajstić information content (AvgIpc) is 3.18. The molecule has 1 amide bonds. The molecule has 1 aliphatic heterocycles. The highest BCUT2D eigenvalue weighted by atomic mass is 32.1. The van der Waals surface area contributed by atoms with Crippen LogP contribution in [0, 0.1) is 19.7 Å². The first kappa shape index (κ1) is 19.0. The smallest absolute Gasteiger partial charge is 0.301 e. The highest BCUT2D eigenvalue weighted by Gasteiger charge is 2.48. The zero-order valence-electron chi connectivity index (χ0n) is 15.7. The summed E-state index contributed by atoms with van der Waals surface area (Å²) in [5.41, 5.74) is 1.66. The topological polar surface area (TPSA) is 70.5 Å². The molecule has 1 fully saturated rings. The van der Waals surface area contributed by atoms with E-state index in [1.165, 1.54) is 40.5 Å². The normalized spacial score (nSPS) is 18.4. The van der Waals surface area contributed by atoms with Gasteiger partial charge in [-0.3, -0.25) is 14.5 Å². The molecule has 0 aliphatic carbocycles. The van der Waals surface area contributed by atoms with Gasteiger partial charge in [-0.1, -0.05) is 30.3 Å². The van der Waals surface area contributed by atoms with Gasteiger partial charge in [-0.25, -0.2) is 9.37 Å². The summed E-state index contributed by atoms with van der Waals surface area (Å²) >= 11 is 1.32. The molecule has 0 bridgehead atoms. The molecule has 1 aromatic heterocycles. The number of benzene rings is 2. The predicted octanol–water partition coefficient (Wildman–Crippen LogP) is 4.53. The Morgan fingerprint density at radius 3 is 2.31 bits per heavy atom. The Kier molecular flexibility index (Phi) is 4.76. The van der Waals surface area contributed by atoms with Crippen molar-refractivity contribution in [3.63, 3.8) is 0 Å². The lowest BCUT2D eigenvalue weighted by molar-refractivity contribution is -0.132. The van der Waals surface area contributed by atoms with Crippen LogP contribution in [0.25, 0.3) is 5.76 Å². The molecule has 2 aromatic carbocycles. The number of aryl methyl sites for hydroxylation is 2. The maximum absolute atomic E-state index is 13.3. The second-order valence-electron chi connectivity index (χ2n) is 6.72. The summed E-state index contributed by atoms with van der Waals surface area (Å²) in [6.07, 6.45) is 0. The summed E-state index contributed by atoms with van der Waals surface area (Å²) in [7, 11) is 0. The van der Waals surface area contributed by atoms with Crippen molar-refractivity contribution in [2.75, 3.05) is 4.90 Å². The molecule has 7 heteroatoms. The van der Waals surface area contributed by atoms with Crippen LogP contribution in [-0.4, -0.2) is 21.8 Å². The minimum absolute atomic E-state index is 0.0432. The van der Waals surface area contributed by atoms with E-state index in [0.717, 1.165) is 10.6 Å². The zero-order valence-corrected chi connectivity index (χ0v) is 16.5. The van der Waals surface area contributed by atoms with Crippen molar-refractivity contribution < 1.29 is 19.1 Å². The molecular weight excluding hydrogens is 391 g/mol. The van der Waals surface area contributed by atoms with E-state index >= 15 is 0 Å². The van der Waals surface area contributed by atoms with Crippen molar-refractivity contribution in [1.29, 1.82) is 0 Å². The molecule has 146 valence electrons. The quantitative estimate of drug-likeness (QED) is 0.393. The number of thiazole rings is 1. The van der Waals surface area contributed by atoms with E-state index in [1.807, 2.05) is 19.9 Å². The largest absolute Gasteiger partial charge is 0.507 e. The number of rotatable bonds is 3. The summed E-state index contributed by atoms with van der Waals surface area (Å²) in [5.74, 6) is -2.36. The summed E-state index contributed by atoms with van der Waals surface area (Å²) in [5, 5.41) is 11.3. The number of Topliss-reactive ketones (excluding diaryl/α,β-unsaturated/α-hetero) is 1. The molecule has 29 heavy (non-hydrogen) atoms. The third kappa shape index (κ3) is 3.23. The van der Waals surface area contributed by atoms with Gasteiger partial charge < -0.3 is 5.11 Å². The van der Waals surface area contributed by atoms with E-state index in [2.05, 4.69) is 4.98 Å². The van der Waals surface area contributed by atoms with Crippen molar-refractivity contribution in [3.05, 3.63) is 87.7 Å². The fourth-order valence-corrected chi connectivity index (χ4v) is 4.24. The van der Waals surface area contributed by atoms with Gasteiger partial charge in [-0.05, 0) is 43.7 Å². The summed E-state index contributed by atoms with van der Waals surface area (Å²) < 4.78 is 13.3. The van der Waals surface area contributed by atoms with Crippen molar-refractivity contribution in [2.24, 2.45) is 0 Å². The Bertz CT molecular complexity index is 1120. The molecule has 0 unspecified atom stereocenters. The monoisotopic (exact) mass is 408 g/mol. The number of amides is 1. The first-order valence-corrected chi connectivity index (χ1v) is 9.76. The van der Waals surface area contributed by atoms with Crippen LogP contribution in [0.5, 0.6) is 0 Å². The number of ketones is 1. The van der Waals surface area contributed by atoms with E-state index in [4.69, 9.17) is 0 Å². The van der Waals surface area contributed by atoms with Crippen LogP contribution in [0.15, 0.2) is 60.2 Å². The molecule has 2 heterocycles. The van der Waals surface area contributed by atoms with Crippen LogP contribution in [0.2, 0.25) is 0 Å². The summed E-state index contributed by atoms with van der Waals surface area (Å²) in [6, 6.07) is 13.3. The van der Waals surface area contributed by atoms with Crippen molar-refractivity contribution >= 4 is 33.9 Å². The number of aliphatic hydroxyl groups is 1. The maximum atomic E-state index is 13.3. The van der Waals surface area contributed by atoms with Gasteiger partial charge in [-0.2, -0.15) is 0 Å². The lowest BCUT2D eigenvalue weighted by atomic mass is 9.95. The molecule has 0 spiro atoms. The molecule has 1 saturated heterocycles. The van der Waals surface area contributed by atoms with Gasteiger partial charge in [-0.15, -0.1) is 11.3 Å². The van der Waals surface area contributed by atoms with E-state index < -0.39 is 23.5 Å². The van der Waals surface area contributed by atoms with Crippen LogP contribution < -0.4 is 4.90 Å². The Balaban J connectivity index is 1.94. The van der Waals surface area contributed by atoms with Gasteiger partial charge in [0.25, 0.3) is 5.78 Å². The fourth-order valence-electron chi connectivity index (χ4n) is 3.30. The highest BCUT2D eigenvalue weighted by molar-refractivity contribution is 7.16. The number of halogens is 1. The van der Waals surface area contributed by atoms with Gasteiger partial charge in [0.05, 0.1) is 17.3 Å². The molecule has 3 aromatic rings. The maximum Gasteiger partial charge on any atom is 0.301 e. The van der Waals surface area contributed by atoms with Crippen molar-refractivity contribution in [1.82, 2.24) is 4.98 Å². The SMILES string of the molecule is Cc1nc(N2C(=O)C(=O)C(=C(O)c3ccc(F)cc3)[C@H]2c2ccccc2)sc1C. The number of nitrogens with zero attached hydrogens (tertiary/aromatic N) is 2. The summed E-state index contributed by atoms with van der Waals surface area (Å²) in [6.45, 7) is 3.73. The standard InChI is InChI=1S/C22H17FN2O3S/c1-12-13(2)29-22(24-12)25-18(14-6-4-3-5-7-14)17(20(27)21(25)28)19(26)15-8-10-16(23)11-9-15/h3-11,18,26H,1-2H3/t18-/m1/s1. The first-order chi connectivity index (χ1) is 13.9. The highest BCUT2D eigenvalue weighted by Crippen LogP contribution is 2.43. The van der Waals surface area contributed by atoms with Gasteiger partial charge in [0, 0.05) is 10.4 Å². The molecule has 1 N–H and O–H groups in total. The second kappa shape index (κ2) is 7.25. The van der Waals surface area contributed by atoms with E-state index in [0.29, 0.717) is 10.7 Å². The molecule has 0 radical (unpaired) electrons.